The molecule has 2 N–H and O–H groups in total. The Morgan fingerprint density at radius 1 is 1.56 bits per heavy atom. The third-order valence-corrected chi connectivity index (χ3v) is 4.10. The van der Waals surface area contributed by atoms with Crippen LogP contribution in [0.15, 0.2) is 6.33 Å². The van der Waals surface area contributed by atoms with Crippen molar-refractivity contribution < 1.29 is 4.74 Å². The van der Waals surface area contributed by atoms with Crippen LogP contribution in [0.1, 0.15) is 38.4 Å². The first kappa shape index (κ1) is 12.1. The van der Waals surface area contributed by atoms with E-state index in [1.165, 1.54) is 12.8 Å². The molecule has 18 heavy (non-hydrogen) atoms. The second-order valence-electron chi connectivity index (χ2n) is 5.69. The molecule has 2 unspecified atom stereocenters. The zero-order valence-corrected chi connectivity index (χ0v) is 11.0. The molecule has 1 aromatic rings. The van der Waals surface area contributed by atoms with E-state index in [9.17, 15) is 0 Å². The molecule has 1 aromatic heterocycles. The summed E-state index contributed by atoms with van der Waals surface area (Å²) in [5, 5.41) is 4.27. The van der Waals surface area contributed by atoms with Gasteiger partial charge in [0.05, 0.1) is 11.6 Å². The average Bonchev–Trinajstić information content (AvgIpc) is 2.99. The number of ether oxygens (including phenoxy) is 1. The minimum Gasteiger partial charge on any atom is -0.376 e. The minimum absolute atomic E-state index is 0.226. The Morgan fingerprint density at radius 2 is 2.39 bits per heavy atom. The van der Waals surface area contributed by atoms with Gasteiger partial charge in [-0.2, -0.15) is 5.10 Å². The number of rotatable bonds is 5. The molecule has 0 bridgehead atoms. The molecule has 0 aromatic carbocycles. The number of nitrogens with two attached hydrogens (primary N) is 1. The third kappa shape index (κ3) is 2.17. The zero-order valence-electron chi connectivity index (χ0n) is 11.0. The Kier molecular flexibility index (Phi) is 3.11. The van der Waals surface area contributed by atoms with Gasteiger partial charge < -0.3 is 10.5 Å². The Labute approximate surface area is 108 Å². The SMILES string of the molecule is CCCn1ncnc1CC1(N)CCOC1C1CC1. The van der Waals surface area contributed by atoms with Crippen LogP contribution in [-0.4, -0.2) is 33.0 Å². The van der Waals surface area contributed by atoms with E-state index >= 15 is 0 Å². The molecule has 1 aliphatic carbocycles. The van der Waals surface area contributed by atoms with Crippen molar-refractivity contribution in [3.8, 4) is 0 Å². The monoisotopic (exact) mass is 250 g/mol. The Balaban J connectivity index is 1.75. The topological polar surface area (TPSA) is 66.0 Å². The molecular formula is C13H22N4O. The summed E-state index contributed by atoms with van der Waals surface area (Å²) in [5.74, 6) is 1.69. The van der Waals surface area contributed by atoms with E-state index in [1.54, 1.807) is 6.33 Å². The maximum Gasteiger partial charge on any atom is 0.138 e. The lowest BCUT2D eigenvalue weighted by Crippen LogP contribution is -2.50. The molecule has 3 rings (SSSR count). The fraction of sp³-hybridized carbons (Fsp3) is 0.846. The van der Waals surface area contributed by atoms with Crippen molar-refractivity contribution in [1.82, 2.24) is 14.8 Å². The van der Waals surface area contributed by atoms with E-state index in [1.807, 2.05) is 4.68 Å². The first-order valence-corrected chi connectivity index (χ1v) is 7.00. The van der Waals surface area contributed by atoms with Crippen LogP contribution in [0.2, 0.25) is 0 Å². The van der Waals surface area contributed by atoms with Gasteiger partial charge in [0, 0.05) is 19.6 Å². The smallest absolute Gasteiger partial charge is 0.138 e. The van der Waals surface area contributed by atoms with Gasteiger partial charge in [0.25, 0.3) is 0 Å². The Morgan fingerprint density at radius 3 is 3.11 bits per heavy atom. The van der Waals surface area contributed by atoms with Crippen LogP contribution >= 0.6 is 0 Å². The molecule has 0 spiro atoms. The largest absolute Gasteiger partial charge is 0.376 e. The lowest BCUT2D eigenvalue weighted by atomic mass is 9.86. The van der Waals surface area contributed by atoms with E-state index in [2.05, 4.69) is 17.0 Å². The van der Waals surface area contributed by atoms with Crippen LogP contribution in [0.5, 0.6) is 0 Å². The molecule has 5 nitrogen and oxygen atoms in total. The van der Waals surface area contributed by atoms with Crippen LogP contribution in [0.4, 0.5) is 0 Å². The van der Waals surface area contributed by atoms with Crippen molar-refractivity contribution in [2.75, 3.05) is 6.61 Å². The van der Waals surface area contributed by atoms with Crippen molar-refractivity contribution in [1.29, 1.82) is 0 Å². The van der Waals surface area contributed by atoms with Gasteiger partial charge >= 0.3 is 0 Å². The van der Waals surface area contributed by atoms with Crippen LogP contribution in [0.25, 0.3) is 0 Å². The van der Waals surface area contributed by atoms with E-state index in [0.717, 1.165) is 38.2 Å². The summed E-state index contributed by atoms with van der Waals surface area (Å²) in [4.78, 5) is 4.37. The van der Waals surface area contributed by atoms with Crippen LogP contribution in [-0.2, 0) is 17.7 Å². The van der Waals surface area contributed by atoms with Gasteiger partial charge in [0.1, 0.15) is 12.2 Å². The summed E-state index contributed by atoms with van der Waals surface area (Å²) in [6.07, 6.45) is 7.19. The molecule has 2 atom stereocenters. The second-order valence-corrected chi connectivity index (χ2v) is 5.69. The lowest BCUT2D eigenvalue weighted by Gasteiger charge is -2.29. The summed E-state index contributed by atoms with van der Waals surface area (Å²) in [6.45, 7) is 3.86. The van der Waals surface area contributed by atoms with Gasteiger partial charge in [-0.1, -0.05) is 6.92 Å². The maximum atomic E-state index is 6.59. The number of hydrogen-bond donors (Lipinski definition) is 1. The van der Waals surface area contributed by atoms with Crippen molar-refractivity contribution in [3.63, 3.8) is 0 Å². The van der Waals surface area contributed by atoms with Crippen LogP contribution < -0.4 is 5.73 Å². The number of aryl methyl sites for hydroxylation is 1. The highest BCUT2D eigenvalue weighted by Crippen LogP contribution is 2.43. The molecule has 1 saturated heterocycles. The van der Waals surface area contributed by atoms with E-state index in [-0.39, 0.29) is 11.6 Å². The molecular weight excluding hydrogens is 228 g/mol. The molecule has 2 fully saturated rings. The van der Waals surface area contributed by atoms with E-state index in [0.29, 0.717) is 5.92 Å². The molecule has 100 valence electrons. The quantitative estimate of drug-likeness (QED) is 0.850. The highest BCUT2D eigenvalue weighted by atomic mass is 16.5. The van der Waals surface area contributed by atoms with Crippen molar-refractivity contribution in [2.45, 2.75) is 57.2 Å². The molecule has 5 heteroatoms. The molecule has 1 aliphatic heterocycles. The summed E-state index contributed by atoms with van der Waals surface area (Å²) in [7, 11) is 0. The summed E-state index contributed by atoms with van der Waals surface area (Å²) in [6, 6.07) is 0. The highest BCUT2D eigenvalue weighted by Gasteiger charge is 2.49. The predicted molar refractivity (Wildman–Crippen MR) is 68.0 cm³/mol. The maximum absolute atomic E-state index is 6.59. The normalized spacial score (nSPS) is 32.0. The number of aromatic nitrogens is 3. The van der Waals surface area contributed by atoms with Gasteiger partial charge in [-0.3, -0.25) is 4.68 Å². The van der Waals surface area contributed by atoms with Gasteiger partial charge in [-0.25, -0.2) is 4.98 Å². The molecule has 1 saturated carbocycles. The van der Waals surface area contributed by atoms with Gasteiger partial charge in [0.15, 0.2) is 0 Å². The van der Waals surface area contributed by atoms with Crippen molar-refractivity contribution >= 4 is 0 Å². The van der Waals surface area contributed by atoms with Gasteiger partial charge in [0.2, 0.25) is 0 Å². The second kappa shape index (κ2) is 4.63. The summed E-state index contributed by atoms with van der Waals surface area (Å²) < 4.78 is 7.84. The predicted octanol–water partition coefficient (Wildman–Crippen LogP) is 1.13. The van der Waals surface area contributed by atoms with Gasteiger partial charge in [-0.05, 0) is 31.6 Å². The first-order chi connectivity index (χ1) is 8.73. The molecule has 2 aliphatic rings. The van der Waals surface area contributed by atoms with Crippen LogP contribution in [0.3, 0.4) is 0 Å². The average molecular weight is 250 g/mol. The fourth-order valence-corrected chi connectivity index (χ4v) is 3.00. The van der Waals surface area contributed by atoms with Gasteiger partial charge in [-0.15, -0.1) is 0 Å². The zero-order chi connectivity index (χ0) is 12.6. The summed E-state index contributed by atoms with van der Waals surface area (Å²) in [5.41, 5.74) is 6.36. The van der Waals surface area contributed by atoms with E-state index in [4.69, 9.17) is 10.5 Å². The summed E-state index contributed by atoms with van der Waals surface area (Å²) >= 11 is 0. The number of hydrogen-bond acceptors (Lipinski definition) is 4. The lowest BCUT2D eigenvalue weighted by molar-refractivity contribution is 0.0618. The Bertz CT molecular complexity index is 415. The van der Waals surface area contributed by atoms with Crippen LogP contribution in [0, 0.1) is 5.92 Å². The highest BCUT2D eigenvalue weighted by molar-refractivity contribution is 5.08. The third-order valence-electron chi connectivity index (χ3n) is 4.10. The standard InChI is InChI=1S/C13H22N4O/c1-2-6-17-11(15-9-16-17)8-13(14)5-7-18-12(13)10-3-4-10/h9-10,12H,2-8,14H2,1H3. The Hall–Kier alpha value is -0.940. The molecule has 0 amide bonds. The minimum atomic E-state index is -0.236. The number of nitrogens with zero attached hydrogens (tertiary/aromatic N) is 3. The van der Waals surface area contributed by atoms with E-state index < -0.39 is 0 Å². The first-order valence-electron chi connectivity index (χ1n) is 7.00. The molecule has 2 heterocycles. The van der Waals surface area contributed by atoms with Crippen molar-refractivity contribution in [2.24, 2.45) is 11.7 Å². The van der Waals surface area contributed by atoms with Crippen molar-refractivity contribution in [3.05, 3.63) is 12.2 Å². The fourth-order valence-electron chi connectivity index (χ4n) is 3.00. The molecule has 0 radical (unpaired) electrons.